The van der Waals surface area contributed by atoms with E-state index in [9.17, 15) is 0 Å². The summed E-state index contributed by atoms with van der Waals surface area (Å²) in [5.41, 5.74) is 2.17. The van der Waals surface area contributed by atoms with Gasteiger partial charge in [-0.3, -0.25) is 4.98 Å². The van der Waals surface area contributed by atoms with E-state index in [0.717, 1.165) is 11.4 Å². The Morgan fingerprint density at radius 1 is 1.50 bits per heavy atom. The summed E-state index contributed by atoms with van der Waals surface area (Å²) in [6.07, 6.45) is 1.68. The molecule has 1 radical (unpaired) electrons. The predicted molar refractivity (Wildman–Crippen MR) is 42.1 cm³/mol. The third-order valence-electron chi connectivity index (χ3n) is 1.41. The summed E-state index contributed by atoms with van der Waals surface area (Å²) in [5, 5.41) is 0. The van der Waals surface area contributed by atoms with Crippen molar-refractivity contribution in [3.63, 3.8) is 0 Å². The highest BCUT2D eigenvalue weighted by atomic mass is 15.1. The zero-order valence-electron chi connectivity index (χ0n) is 6.55. The van der Waals surface area contributed by atoms with Crippen LogP contribution in [0.4, 0.5) is 5.69 Å². The van der Waals surface area contributed by atoms with Gasteiger partial charge < -0.3 is 4.90 Å². The van der Waals surface area contributed by atoms with Gasteiger partial charge in [-0.2, -0.15) is 0 Å². The lowest BCUT2D eigenvalue weighted by atomic mass is 10.3. The van der Waals surface area contributed by atoms with Gasteiger partial charge in [0.05, 0.1) is 11.4 Å². The van der Waals surface area contributed by atoms with E-state index < -0.39 is 0 Å². The summed E-state index contributed by atoms with van der Waals surface area (Å²) in [6.45, 7) is 1.99. The van der Waals surface area contributed by atoms with Crippen LogP contribution < -0.4 is 4.90 Å². The van der Waals surface area contributed by atoms with Crippen LogP contribution in [0.15, 0.2) is 12.3 Å². The molecule has 0 saturated heterocycles. The Bertz CT molecular complexity index is 218. The number of nitrogens with zero attached hydrogens (tertiary/aromatic N) is 2. The van der Waals surface area contributed by atoms with Crippen molar-refractivity contribution in [2.45, 2.75) is 6.92 Å². The molecule has 53 valence electrons. The van der Waals surface area contributed by atoms with E-state index in [0.29, 0.717) is 0 Å². The van der Waals surface area contributed by atoms with E-state index in [-0.39, 0.29) is 0 Å². The Kier molecular flexibility index (Phi) is 1.90. The van der Waals surface area contributed by atoms with E-state index >= 15 is 0 Å². The molecule has 1 heterocycles. The first-order chi connectivity index (χ1) is 4.72. The van der Waals surface area contributed by atoms with Crippen molar-refractivity contribution in [1.29, 1.82) is 0 Å². The Balaban J connectivity index is 3.03. The molecular weight excluding hydrogens is 124 g/mol. The topological polar surface area (TPSA) is 16.1 Å². The fourth-order valence-corrected chi connectivity index (χ4v) is 0.874. The first-order valence-electron chi connectivity index (χ1n) is 3.22. The highest BCUT2D eigenvalue weighted by molar-refractivity contribution is 5.47. The minimum absolute atomic E-state index is 1.05. The summed E-state index contributed by atoms with van der Waals surface area (Å²) in [5.74, 6) is 0. The van der Waals surface area contributed by atoms with Gasteiger partial charge in [0, 0.05) is 26.4 Å². The van der Waals surface area contributed by atoms with Gasteiger partial charge in [0.2, 0.25) is 0 Å². The highest BCUT2D eigenvalue weighted by Gasteiger charge is 1.97. The Hall–Kier alpha value is -1.05. The van der Waals surface area contributed by atoms with Crippen LogP contribution in [-0.2, 0) is 0 Å². The van der Waals surface area contributed by atoms with Gasteiger partial charge in [0.1, 0.15) is 0 Å². The summed E-state index contributed by atoms with van der Waals surface area (Å²) < 4.78 is 0. The second-order valence-corrected chi connectivity index (χ2v) is 2.43. The molecule has 0 bridgehead atoms. The van der Waals surface area contributed by atoms with Crippen molar-refractivity contribution >= 4 is 5.69 Å². The minimum atomic E-state index is 1.05. The van der Waals surface area contributed by atoms with E-state index in [1.54, 1.807) is 6.20 Å². The SMILES string of the molecule is Cc1nc[c]cc1N(C)C. The average Bonchev–Trinajstić information content (AvgIpc) is 1.88. The first kappa shape index (κ1) is 7.06. The zero-order chi connectivity index (χ0) is 7.56. The van der Waals surface area contributed by atoms with Crippen LogP contribution in [0.25, 0.3) is 0 Å². The standard InChI is InChI=1S/C8H11N2/c1-7-8(10(2)3)5-4-6-9-7/h5-6H,1-3H3. The fourth-order valence-electron chi connectivity index (χ4n) is 0.874. The average molecular weight is 135 g/mol. The number of hydrogen-bond acceptors (Lipinski definition) is 2. The van der Waals surface area contributed by atoms with Gasteiger partial charge in [-0.25, -0.2) is 0 Å². The molecule has 10 heavy (non-hydrogen) atoms. The van der Waals surface area contributed by atoms with Crippen molar-refractivity contribution in [2.24, 2.45) is 0 Å². The fraction of sp³-hybridized carbons (Fsp3) is 0.375. The molecule has 1 aromatic heterocycles. The molecule has 0 fully saturated rings. The van der Waals surface area contributed by atoms with Crippen molar-refractivity contribution in [3.8, 4) is 0 Å². The quantitative estimate of drug-likeness (QED) is 0.576. The molecule has 0 saturated carbocycles. The Morgan fingerprint density at radius 2 is 2.20 bits per heavy atom. The van der Waals surface area contributed by atoms with Crippen molar-refractivity contribution in [1.82, 2.24) is 4.98 Å². The molecule has 0 atom stereocenters. The molecule has 2 heteroatoms. The predicted octanol–water partition coefficient (Wildman–Crippen LogP) is 1.26. The molecule has 1 aromatic rings. The molecule has 0 aliphatic heterocycles. The third kappa shape index (κ3) is 1.26. The van der Waals surface area contributed by atoms with Crippen molar-refractivity contribution in [2.75, 3.05) is 19.0 Å². The van der Waals surface area contributed by atoms with E-state index in [1.165, 1.54) is 0 Å². The maximum atomic E-state index is 4.10. The molecule has 0 aromatic carbocycles. The largest absolute Gasteiger partial charge is 0.376 e. The number of hydrogen-bond donors (Lipinski definition) is 0. The molecule has 2 nitrogen and oxygen atoms in total. The first-order valence-corrected chi connectivity index (χ1v) is 3.22. The van der Waals surface area contributed by atoms with Crippen LogP contribution in [0.5, 0.6) is 0 Å². The second kappa shape index (κ2) is 2.69. The zero-order valence-corrected chi connectivity index (χ0v) is 6.55. The van der Waals surface area contributed by atoms with Gasteiger partial charge in [0.15, 0.2) is 0 Å². The highest BCUT2D eigenvalue weighted by Crippen LogP contribution is 2.12. The van der Waals surface area contributed by atoms with Crippen LogP contribution >= 0.6 is 0 Å². The summed E-state index contributed by atoms with van der Waals surface area (Å²) in [7, 11) is 4.00. The molecule has 1 rings (SSSR count). The van der Waals surface area contributed by atoms with E-state index in [4.69, 9.17) is 0 Å². The number of aromatic nitrogens is 1. The van der Waals surface area contributed by atoms with Crippen molar-refractivity contribution < 1.29 is 0 Å². The molecule has 0 unspecified atom stereocenters. The minimum Gasteiger partial charge on any atom is -0.376 e. The van der Waals surface area contributed by atoms with E-state index in [2.05, 4.69) is 11.1 Å². The van der Waals surface area contributed by atoms with Crippen LogP contribution in [0, 0.1) is 13.0 Å². The van der Waals surface area contributed by atoms with Gasteiger partial charge in [0.25, 0.3) is 0 Å². The molecule has 0 N–H and O–H groups in total. The number of aryl methyl sites for hydroxylation is 1. The normalized spacial score (nSPS) is 9.50. The smallest absolute Gasteiger partial charge is 0.0606 e. The van der Waals surface area contributed by atoms with Crippen molar-refractivity contribution in [3.05, 3.63) is 24.0 Å². The summed E-state index contributed by atoms with van der Waals surface area (Å²) in [4.78, 5) is 6.13. The van der Waals surface area contributed by atoms with Gasteiger partial charge >= 0.3 is 0 Å². The Labute approximate surface area is 61.5 Å². The number of anilines is 1. The summed E-state index contributed by atoms with van der Waals surface area (Å²) >= 11 is 0. The lowest BCUT2D eigenvalue weighted by Crippen LogP contribution is -2.10. The third-order valence-corrected chi connectivity index (χ3v) is 1.41. The lowest BCUT2D eigenvalue weighted by Gasteiger charge is -2.13. The molecule has 0 aliphatic carbocycles. The number of pyridine rings is 1. The van der Waals surface area contributed by atoms with Crippen LogP contribution in [-0.4, -0.2) is 19.1 Å². The van der Waals surface area contributed by atoms with Crippen LogP contribution in [0.1, 0.15) is 5.69 Å². The molecule has 0 spiro atoms. The maximum absolute atomic E-state index is 4.10. The summed E-state index contributed by atoms with van der Waals surface area (Å²) in [6, 6.07) is 4.86. The van der Waals surface area contributed by atoms with Gasteiger partial charge in [-0.05, 0) is 13.0 Å². The van der Waals surface area contributed by atoms with Gasteiger partial charge in [-0.1, -0.05) is 0 Å². The lowest BCUT2D eigenvalue weighted by molar-refractivity contribution is 1.07. The molecule has 0 amide bonds. The van der Waals surface area contributed by atoms with Gasteiger partial charge in [-0.15, -0.1) is 0 Å². The Morgan fingerprint density at radius 3 is 2.60 bits per heavy atom. The second-order valence-electron chi connectivity index (χ2n) is 2.43. The van der Waals surface area contributed by atoms with Crippen LogP contribution in [0.2, 0.25) is 0 Å². The number of rotatable bonds is 1. The molecule has 0 aliphatic rings. The van der Waals surface area contributed by atoms with E-state index in [1.807, 2.05) is 32.0 Å². The molecular formula is C8H11N2. The van der Waals surface area contributed by atoms with Crippen LogP contribution in [0.3, 0.4) is 0 Å². The maximum Gasteiger partial charge on any atom is 0.0606 e. The monoisotopic (exact) mass is 135 g/mol.